The van der Waals surface area contributed by atoms with E-state index in [2.05, 4.69) is 0 Å². The summed E-state index contributed by atoms with van der Waals surface area (Å²) in [5.41, 5.74) is -0.417. The van der Waals surface area contributed by atoms with E-state index >= 15 is 0 Å². The second kappa shape index (κ2) is 7.07. The van der Waals surface area contributed by atoms with E-state index in [9.17, 15) is 23.5 Å². The minimum atomic E-state index is -0.996. The van der Waals surface area contributed by atoms with E-state index in [-0.39, 0.29) is 18.0 Å². The van der Waals surface area contributed by atoms with Gasteiger partial charge in [-0.1, -0.05) is 19.9 Å². The third-order valence-corrected chi connectivity index (χ3v) is 4.86. The predicted molar refractivity (Wildman–Crippen MR) is 88.7 cm³/mol. The van der Waals surface area contributed by atoms with Gasteiger partial charge in [0.15, 0.2) is 0 Å². The summed E-state index contributed by atoms with van der Waals surface area (Å²) in [5.74, 6) is -4.06. The molecule has 1 aromatic carbocycles. The minimum Gasteiger partial charge on any atom is -0.481 e. The van der Waals surface area contributed by atoms with Crippen LogP contribution in [0.15, 0.2) is 18.2 Å². The lowest BCUT2D eigenvalue weighted by molar-refractivity contribution is -0.142. The van der Waals surface area contributed by atoms with Gasteiger partial charge >= 0.3 is 5.97 Å². The lowest BCUT2D eigenvalue weighted by Crippen LogP contribution is -2.38. The Morgan fingerprint density at radius 2 is 1.80 bits per heavy atom. The van der Waals surface area contributed by atoms with Crippen molar-refractivity contribution in [3.8, 4) is 0 Å². The summed E-state index contributed by atoms with van der Waals surface area (Å²) in [4.78, 5) is 27.6. The molecule has 0 spiro atoms. The number of aliphatic carboxylic acids is 1. The van der Waals surface area contributed by atoms with Gasteiger partial charge in [0.2, 0.25) is 5.91 Å². The summed E-state index contributed by atoms with van der Waals surface area (Å²) in [5, 5.41) is 9.29. The second-order valence-electron chi connectivity index (χ2n) is 7.41. The number of amides is 1. The summed E-state index contributed by atoms with van der Waals surface area (Å²) < 4.78 is 27.0. The molecule has 5 nitrogen and oxygen atoms in total. The highest BCUT2D eigenvalue weighted by atomic mass is 19.1. The molecule has 0 aromatic heterocycles. The Morgan fingerprint density at radius 3 is 2.28 bits per heavy atom. The van der Waals surface area contributed by atoms with Crippen molar-refractivity contribution in [1.82, 2.24) is 9.80 Å². The van der Waals surface area contributed by atoms with Crippen LogP contribution in [0.5, 0.6) is 0 Å². The topological polar surface area (TPSA) is 60.9 Å². The van der Waals surface area contributed by atoms with Crippen LogP contribution in [0.25, 0.3) is 0 Å². The van der Waals surface area contributed by atoms with E-state index in [1.165, 1.54) is 11.0 Å². The van der Waals surface area contributed by atoms with E-state index in [4.69, 9.17) is 0 Å². The van der Waals surface area contributed by atoms with Gasteiger partial charge in [0, 0.05) is 31.3 Å². The second-order valence-corrected chi connectivity index (χ2v) is 7.41. The highest BCUT2D eigenvalue weighted by Crippen LogP contribution is 2.59. The number of hydrogen-bond donors (Lipinski definition) is 1. The van der Waals surface area contributed by atoms with Gasteiger partial charge in [-0.3, -0.25) is 9.59 Å². The number of benzene rings is 1. The third kappa shape index (κ3) is 4.15. The molecule has 1 fully saturated rings. The molecule has 2 atom stereocenters. The van der Waals surface area contributed by atoms with Crippen LogP contribution in [0.2, 0.25) is 0 Å². The number of carbonyl (C=O) groups is 2. The van der Waals surface area contributed by atoms with Crippen LogP contribution >= 0.6 is 0 Å². The van der Waals surface area contributed by atoms with E-state index in [0.29, 0.717) is 13.1 Å². The van der Waals surface area contributed by atoms with Crippen molar-refractivity contribution in [1.29, 1.82) is 0 Å². The number of carboxylic acid groups (broad SMARTS) is 1. The first-order valence-corrected chi connectivity index (χ1v) is 8.16. The van der Waals surface area contributed by atoms with Gasteiger partial charge in [-0.15, -0.1) is 0 Å². The Morgan fingerprint density at radius 1 is 1.16 bits per heavy atom. The largest absolute Gasteiger partial charge is 0.481 e. The average Bonchev–Trinajstić information content (AvgIpc) is 3.07. The Hall–Kier alpha value is -2.02. The Balaban J connectivity index is 2.21. The third-order valence-electron chi connectivity index (χ3n) is 4.86. The summed E-state index contributed by atoms with van der Waals surface area (Å²) in [6, 6.07) is 3.24. The molecule has 0 unspecified atom stereocenters. The van der Waals surface area contributed by atoms with E-state index in [0.717, 1.165) is 12.1 Å². The van der Waals surface area contributed by atoms with Gasteiger partial charge in [0.25, 0.3) is 0 Å². The molecule has 0 aliphatic heterocycles. The zero-order valence-electron chi connectivity index (χ0n) is 14.9. The summed E-state index contributed by atoms with van der Waals surface area (Å²) in [7, 11) is 3.70. The molecule has 0 radical (unpaired) electrons. The van der Waals surface area contributed by atoms with Crippen LogP contribution in [-0.4, -0.2) is 54.0 Å². The number of carbonyl (C=O) groups excluding carboxylic acids is 1. The molecule has 1 amide bonds. The number of carboxylic acids is 1. The van der Waals surface area contributed by atoms with Crippen LogP contribution in [0.1, 0.15) is 19.4 Å². The molecule has 138 valence electrons. The number of hydrogen-bond acceptors (Lipinski definition) is 3. The molecule has 0 bridgehead atoms. The predicted octanol–water partition coefficient (Wildman–Crippen LogP) is 2.21. The van der Waals surface area contributed by atoms with Crippen molar-refractivity contribution >= 4 is 11.9 Å². The SMILES string of the molecule is CN(C)CCN(Cc1ccc(F)cc1F)C(=O)[C@@H]1[C@H](C(=O)O)C1(C)C. The number of likely N-dealkylation sites (N-methyl/N-ethyl adjacent to an activating group) is 1. The fourth-order valence-corrected chi connectivity index (χ4v) is 3.20. The van der Waals surface area contributed by atoms with Crippen molar-refractivity contribution in [2.45, 2.75) is 20.4 Å². The molecule has 1 aliphatic carbocycles. The highest BCUT2D eigenvalue weighted by molar-refractivity contribution is 5.91. The van der Waals surface area contributed by atoms with Crippen LogP contribution in [-0.2, 0) is 16.1 Å². The van der Waals surface area contributed by atoms with Crippen LogP contribution < -0.4 is 0 Å². The Kier molecular flexibility index (Phi) is 5.46. The van der Waals surface area contributed by atoms with Crippen molar-refractivity contribution in [2.75, 3.05) is 27.2 Å². The standard InChI is InChI=1S/C18H24F2N2O3/c1-18(2)14(15(18)17(24)25)16(23)22(8-7-21(3)4)10-11-5-6-12(19)9-13(11)20/h5-6,9,14-15H,7-8,10H2,1-4H3,(H,24,25)/t14-,15+/m0/s1. The molecule has 25 heavy (non-hydrogen) atoms. The first kappa shape index (κ1) is 19.3. The molecule has 1 aromatic rings. The van der Waals surface area contributed by atoms with E-state index < -0.39 is 34.9 Å². The number of rotatable bonds is 7. The van der Waals surface area contributed by atoms with Crippen molar-refractivity contribution < 1.29 is 23.5 Å². The van der Waals surface area contributed by atoms with Crippen LogP contribution in [0, 0.1) is 28.9 Å². The lowest BCUT2D eigenvalue weighted by Gasteiger charge is -2.25. The van der Waals surface area contributed by atoms with Gasteiger partial charge in [-0.2, -0.15) is 0 Å². The zero-order valence-corrected chi connectivity index (χ0v) is 14.9. The van der Waals surface area contributed by atoms with Crippen molar-refractivity contribution in [3.63, 3.8) is 0 Å². The lowest BCUT2D eigenvalue weighted by atomic mass is 10.1. The number of nitrogens with zero attached hydrogens (tertiary/aromatic N) is 2. The normalized spacial score (nSPS) is 21.2. The maximum absolute atomic E-state index is 14.0. The van der Waals surface area contributed by atoms with Gasteiger partial charge in [-0.25, -0.2) is 8.78 Å². The molecular weight excluding hydrogens is 330 g/mol. The monoisotopic (exact) mass is 354 g/mol. The van der Waals surface area contributed by atoms with Crippen molar-refractivity contribution in [2.24, 2.45) is 17.3 Å². The molecule has 0 saturated heterocycles. The van der Waals surface area contributed by atoms with Gasteiger partial charge in [0.1, 0.15) is 11.6 Å². The smallest absolute Gasteiger partial charge is 0.307 e. The molecular formula is C18H24F2N2O3. The minimum absolute atomic E-state index is 0.0162. The summed E-state index contributed by atoms with van der Waals surface area (Å²) >= 11 is 0. The summed E-state index contributed by atoms with van der Waals surface area (Å²) in [6.07, 6.45) is 0. The van der Waals surface area contributed by atoms with Crippen molar-refractivity contribution in [3.05, 3.63) is 35.4 Å². The first-order chi connectivity index (χ1) is 11.6. The molecule has 7 heteroatoms. The van der Waals surface area contributed by atoms with E-state index in [1.807, 2.05) is 19.0 Å². The molecule has 2 rings (SSSR count). The van der Waals surface area contributed by atoms with Gasteiger partial charge in [0.05, 0.1) is 11.8 Å². The maximum atomic E-state index is 14.0. The maximum Gasteiger partial charge on any atom is 0.307 e. The number of halogens is 2. The Labute approximate surface area is 146 Å². The average molecular weight is 354 g/mol. The first-order valence-electron chi connectivity index (χ1n) is 8.16. The van der Waals surface area contributed by atoms with Crippen LogP contribution in [0.3, 0.4) is 0 Å². The van der Waals surface area contributed by atoms with Gasteiger partial charge in [-0.05, 0) is 25.6 Å². The molecule has 1 aliphatic rings. The zero-order chi connectivity index (χ0) is 18.9. The quantitative estimate of drug-likeness (QED) is 0.816. The van der Waals surface area contributed by atoms with Crippen LogP contribution in [0.4, 0.5) is 8.78 Å². The highest BCUT2D eigenvalue weighted by Gasteiger charge is 2.66. The fraction of sp³-hybridized carbons (Fsp3) is 0.556. The molecule has 1 N–H and O–H groups in total. The Bertz CT molecular complexity index is 676. The van der Waals surface area contributed by atoms with Gasteiger partial charge < -0.3 is 14.9 Å². The van der Waals surface area contributed by atoms with E-state index in [1.54, 1.807) is 13.8 Å². The fourth-order valence-electron chi connectivity index (χ4n) is 3.20. The molecule has 0 heterocycles. The summed E-state index contributed by atoms with van der Waals surface area (Å²) in [6.45, 7) is 4.37. The molecule has 1 saturated carbocycles.